The maximum atomic E-state index is 16.3. The number of benzene rings is 3. The lowest BCUT2D eigenvalue weighted by molar-refractivity contribution is -0.0216. The molecule has 0 radical (unpaired) electrons. The summed E-state index contributed by atoms with van der Waals surface area (Å²) in [7, 11) is 0. The van der Waals surface area contributed by atoms with Gasteiger partial charge < -0.3 is 30.2 Å². The lowest BCUT2D eigenvalue weighted by Crippen LogP contribution is -2.53. The van der Waals surface area contributed by atoms with Gasteiger partial charge in [-0.05, 0) is 52.3 Å². The number of nitrogens with zero attached hydrogens (tertiary/aromatic N) is 1. The number of hydrogen-bond acceptors (Lipinski definition) is 7. The van der Waals surface area contributed by atoms with Gasteiger partial charge in [0.05, 0.1) is 34.9 Å². The van der Waals surface area contributed by atoms with E-state index in [4.69, 9.17) is 31.5 Å². The first kappa shape index (κ1) is 33.4. The number of nitrogens with two attached hydrogens (primary N) is 1. The summed E-state index contributed by atoms with van der Waals surface area (Å²) in [5.74, 6) is -3.30. The van der Waals surface area contributed by atoms with E-state index >= 15 is 8.78 Å². The van der Waals surface area contributed by atoms with E-state index in [1.165, 1.54) is 24.0 Å². The maximum absolute atomic E-state index is 16.3. The Bertz CT molecular complexity index is 1680. The Balaban J connectivity index is 1.74. The summed E-state index contributed by atoms with van der Waals surface area (Å²) in [4.78, 5) is 27.6. The van der Waals surface area contributed by atoms with Crippen molar-refractivity contribution in [1.29, 1.82) is 0 Å². The number of ether oxygens (including phenoxy) is 3. The summed E-state index contributed by atoms with van der Waals surface area (Å²) in [5, 5.41) is 20.5. The fourth-order valence-corrected chi connectivity index (χ4v) is 6.51. The molecule has 5 rings (SSSR count). The van der Waals surface area contributed by atoms with Crippen LogP contribution >= 0.6 is 11.6 Å². The minimum absolute atomic E-state index is 0.00144. The number of primary amides is 1. The molecule has 2 amide bonds. The molecule has 9 nitrogen and oxygen atoms in total. The number of likely N-dealkylation sites (tertiary alicyclic amines) is 1. The number of carbonyl (C=O) groups is 2. The second kappa shape index (κ2) is 12.0. The average molecular weight is 659 g/mol. The van der Waals surface area contributed by atoms with Crippen LogP contribution in [0.15, 0.2) is 48.5 Å². The Kier molecular flexibility index (Phi) is 8.74. The standard InChI is InChI=1S/C34H37ClF2N2O7/c1-18(40)16-44-23-12-11-20(30(38)41)27(29(23)37)26-21-14-34(19-9-7-6-8-10-19,45-24(21)13-22(36)28(26)35)25-15-33(5,43)17-39(25)31(42)46-32(2,3)4/h6-13,18,25,40,43H,14-17H2,1-5H3,(H2,38,41)/t18-,25-,33-,34-/m0/s1. The molecule has 4 N–H and O–H groups in total. The number of fused-ring (bicyclic) bond motifs is 1. The molecular formula is C34H37ClF2N2O7. The third-order valence-corrected chi connectivity index (χ3v) is 8.44. The zero-order valence-electron chi connectivity index (χ0n) is 26.2. The minimum Gasteiger partial charge on any atom is -0.488 e. The number of β-amino-alcohol motifs (C(OH)–C–C–N with tert-alkyl or cyclic N) is 1. The van der Waals surface area contributed by atoms with Gasteiger partial charge in [-0.2, -0.15) is 0 Å². The molecule has 2 aliphatic heterocycles. The smallest absolute Gasteiger partial charge is 0.410 e. The second-order valence-corrected chi connectivity index (χ2v) is 13.6. The van der Waals surface area contributed by atoms with Crippen LogP contribution in [0, 0.1) is 11.6 Å². The van der Waals surface area contributed by atoms with Gasteiger partial charge in [0.15, 0.2) is 17.2 Å². The summed E-state index contributed by atoms with van der Waals surface area (Å²) in [5.41, 5.74) is 2.04. The Morgan fingerprint density at radius 3 is 2.46 bits per heavy atom. The molecular weight excluding hydrogens is 622 g/mol. The first-order chi connectivity index (χ1) is 21.4. The number of aliphatic hydroxyl groups excluding tert-OH is 1. The van der Waals surface area contributed by atoms with E-state index in [9.17, 15) is 19.8 Å². The highest BCUT2D eigenvalue weighted by atomic mass is 35.5. The lowest BCUT2D eigenvalue weighted by Gasteiger charge is -2.40. The summed E-state index contributed by atoms with van der Waals surface area (Å²) < 4.78 is 49.8. The van der Waals surface area contributed by atoms with Gasteiger partial charge in [0, 0.05) is 35.6 Å². The van der Waals surface area contributed by atoms with Crippen molar-refractivity contribution in [2.24, 2.45) is 5.73 Å². The Hall–Kier alpha value is -3.93. The van der Waals surface area contributed by atoms with Gasteiger partial charge >= 0.3 is 6.09 Å². The van der Waals surface area contributed by atoms with Gasteiger partial charge in [-0.1, -0.05) is 41.9 Å². The van der Waals surface area contributed by atoms with Gasteiger partial charge in [-0.25, -0.2) is 13.6 Å². The molecule has 0 aromatic heterocycles. The number of rotatable bonds is 7. The molecule has 3 aromatic rings. The fraction of sp³-hybridized carbons (Fsp3) is 0.412. The zero-order chi connectivity index (χ0) is 33.8. The highest BCUT2D eigenvalue weighted by Gasteiger charge is 2.58. The van der Waals surface area contributed by atoms with E-state index < -0.39 is 63.2 Å². The van der Waals surface area contributed by atoms with Crippen molar-refractivity contribution in [2.45, 2.75) is 76.4 Å². The van der Waals surface area contributed by atoms with Gasteiger partial charge in [0.25, 0.3) is 0 Å². The van der Waals surface area contributed by atoms with E-state index in [-0.39, 0.29) is 54.2 Å². The van der Waals surface area contributed by atoms with Crippen LogP contribution in [0.25, 0.3) is 11.1 Å². The summed E-state index contributed by atoms with van der Waals surface area (Å²) in [6, 6.07) is 11.6. The molecule has 4 atom stereocenters. The molecule has 0 bridgehead atoms. The molecule has 2 aliphatic rings. The van der Waals surface area contributed by atoms with Crippen LogP contribution in [0.5, 0.6) is 11.5 Å². The molecule has 0 spiro atoms. The third-order valence-electron chi connectivity index (χ3n) is 8.07. The normalized spacial score (nSPS) is 23.1. The van der Waals surface area contributed by atoms with Crippen LogP contribution in [0.4, 0.5) is 13.6 Å². The van der Waals surface area contributed by atoms with Crippen molar-refractivity contribution in [2.75, 3.05) is 13.2 Å². The molecule has 12 heteroatoms. The van der Waals surface area contributed by atoms with Crippen LogP contribution in [0.3, 0.4) is 0 Å². The SMILES string of the molecule is C[C@H](O)COc1ccc(C(N)=O)c(-c2c(Cl)c(F)cc3c2C[C@](c2ccccc2)([C@@H]2C[C@](C)(O)CN2C(=O)OC(C)(C)C)O3)c1F. The van der Waals surface area contributed by atoms with Crippen molar-refractivity contribution in [1.82, 2.24) is 4.90 Å². The Morgan fingerprint density at radius 2 is 1.85 bits per heavy atom. The number of amides is 2. The summed E-state index contributed by atoms with van der Waals surface area (Å²) in [6.07, 6.45) is -1.63. The second-order valence-electron chi connectivity index (χ2n) is 13.2. The van der Waals surface area contributed by atoms with Gasteiger partial charge in [-0.3, -0.25) is 9.69 Å². The van der Waals surface area contributed by atoms with Gasteiger partial charge in [0.2, 0.25) is 5.91 Å². The van der Waals surface area contributed by atoms with Crippen LogP contribution in [0.2, 0.25) is 5.02 Å². The number of halogens is 3. The molecule has 3 aromatic carbocycles. The lowest BCUT2D eigenvalue weighted by atomic mass is 9.78. The third kappa shape index (κ3) is 6.23. The van der Waals surface area contributed by atoms with Crippen LogP contribution in [0.1, 0.15) is 62.5 Å². The predicted octanol–water partition coefficient (Wildman–Crippen LogP) is 5.73. The summed E-state index contributed by atoms with van der Waals surface area (Å²) >= 11 is 6.58. The Morgan fingerprint density at radius 1 is 1.17 bits per heavy atom. The van der Waals surface area contributed by atoms with Crippen molar-refractivity contribution < 1.29 is 42.8 Å². The quantitative estimate of drug-likeness (QED) is 0.295. The van der Waals surface area contributed by atoms with E-state index in [1.54, 1.807) is 58.0 Å². The van der Waals surface area contributed by atoms with Crippen molar-refractivity contribution in [3.8, 4) is 22.6 Å². The van der Waals surface area contributed by atoms with E-state index in [0.29, 0.717) is 5.56 Å². The molecule has 46 heavy (non-hydrogen) atoms. The van der Waals surface area contributed by atoms with Crippen molar-refractivity contribution in [3.05, 3.63) is 81.9 Å². The minimum atomic E-state index is -1.43. The Labute approximate surface area is 270 Å². The topological polar surface area (TPSA) is 132 Å². The van der Waals surface area contributed by atoms with Crippen molar-refractivity contribution >= 4 is 23.6 Å². The maximum Gasteiger partial charge on any atom is 0.410 e. The molecule has 0 saturated carbocycles. The van der Waals surface area contributed by atoms with E-state index in [2.05, 4.69) is 0 Å². The zero-order valence-corrected chi connectivity index (χ0v) is 27.0. The van der Waals surface area contributed by atoms with Crippen molar-refractivity contribution in [3.63, 3.8) is 0 Å². The monoisotopic (exact) mass is 658 g/mol. The molecule has 2 heterocycles. The molecule has 246 valence electrons. The van der Waals surface area contributed by atoms with Gasteiger partial charge in [0.1, 0.15) is 23.8 Å². The first-order valence-corrected chi connectivity index (χ1v) is 15.2. The van der Waals surface area contributed by atoms with E-state index in [0.717, 1.165) is 6.07 Å². The largest absolute Gasteiger partial charge is 0.488 e. The fourth-order valence-electron chi connectivity index (χ4n) is 6.25. The van der Waals surface area contributed by atoms with Gasteiger partial charge in [-0.15, -0.1) is 0 Å². The first-order valence-electron chi connectivity index (χ1n) is 14.8. The highest BCUT2D eigenvalue weighted by Crippen LogP contribution is 2.54. The average Bonchev–Trinajstić information content (AvgIpc) is 3.50. The van der Waals surface area contributed by atoms with E-state index in [1.807, 2.05) is 0 Å². The molecule has 1 fully saturated rings. The number of hydrogen-bond donors (Lipinski definition) is 3. The molecule has 0 aliphatic carbocycles. The number of carbonyl (C=O) groups excluding carboxylic acids is 2. The predicted molar refractivity (Wildman–Crippen MR) is 167 cm³/mol. The number of aliphatic hydroxyl groups is 2. The molecule has 0 unspecified atom stereocenters. The highest BCUT2D eigenvalue weighted by molar-refractivity contribution is 6.34. The van der Waals surface area contributed by atoms with Crippen LogP contribution in [-0.4, -0.2) is 63.6 Å². The van der Waals surface area contributed by atoms with Crippen LogP contribution in [-0.2, 0) is 16.8 Å². The van der Waals surface area contributed by atoms with Crippen LogP contribution < -0.4 is 15.2 Å². The molecule has 1 saturated heterocycles. The summed E-state index contributed by atoms with van der Waals surface area (Å²) in [6.45, 7) is 7.89.